The largest absolute Gasteiger partial charge is 0.309 e. The zero-order valence-electron chi connectivity index (χ0n) is 28.8. The van der Waals surface area contributed by atoms with E-state index in [1.54, 1.807) is 0 Å². The fraction of sp³-hybridized carbons (Fsp3) is 0. The van der Waals surface area contributed by atoms with Gasteiger partial charge in [0.1, 0.15) is 0 Å². The quantitative estimate of drug-likeness (QED) is 0.176. The maximum absolute atomic E-state index is 4.99. The molecule has 0 fully saturated rings. The molecule has 10 rings (SSSR count). The Morgan fingerprint density at radius 3 is 1.28 bits per heavy atom. The van der Waals surface area contributed by atoms with E-state index >= 15 is 0 Å². The Labute approximate surface area is 307 Å². The summed E-state index contributed by atoms with van der Waals surface area (Å²) in [5, 5.41) is 5.01. The lowest BCUT2D eigenvalue weighted by Gasteiger charge is -2.12. The molecule has 0 spiro atoms. The monoisotopic (exact) mass is 676 g/mol. The lowest BCUT2D eigenvalue weighted by Crippen LogP contribution is -2.00. The van der Waals surface area contributed by atoms with Crippen LogP contribution >= 0.6 is 0 Å². The van der Waals surface area contributed by atoms with Gasteiger partial charge in [-0.3, -0.25) is 0 Å². The Morgan fingerprint density at radius 2 is 0.698 bits per heavy atom. The van der Waals surface area contributed by atoms with Crippen LogP contribution in [0.5, 0.6) is 0 Å². The summed E-state index contributed by atoms with van der Waals surface area (Å²) in [5.74, 6) is 1.93. The second-order valence-corrected chi connectivity index (χ2v) is 13.3. The lowest BCUT2D eigenvalue weighted by atomic mass is 10.0. The van der Waals surface area contributed by atoms with Gasteiger partial charge in [-0.1, -0.05) is 176 Å². The normalized spacial score (nSPS) is 11.4. The maximum Gasteiger partial charge on any atom is 0.164 e. The molecule has 0 amide bonds. The second-order valence-electron chi connectivity index (χ2n) is 13.3. The number of fused-ring (bicyclic) bond motifs is 5. The predicted octanol–water partition coefficient (Wildman–Crippen LogP) is 12.5. The summed E-state index contributed by atoms with van der Waals surface area (Å²) in [7, 11) is 0. The molecular formula is C49H32N4. The van der Waals surface area contributed by atoms with Crippen molar-refractivity contribution in [2.75, 3.05) is 0 Å². The first kappa shape index (κ1) is 30.6. The van der Waals surface area contributed by atoms with Crippen LogP contribution in [0.1, 0.15) is 0 Å². The van der Waals surface area contributed by atoms with Crippen molar-refractivity contribution in [1.29, 1.82) is 0 Å². The number of rotatable bonds is 6. The van der Waals surface area contributed by atoms with E-state index in [-0.39, 0.29) is 0 Å². The van der Waals surface area contributed by atoms with Crippen LogP contribution in [-0.2, 0) is 0 Å². The van der Waals surface area contributed by atoms with Crippen LogP contribution in [0.2, 0.25) is 0 Å². The average molecular weight is 677 g/mol. The summed E-state index contributed by atoms with van der Waals surface area (Å²) in [4.78, 5) is 14.9. The van der Waals surface area contributed by atoms with Crippen molar-refractivity contribution >= 4 is 32.6 Å². The van der Waals surface area contributed by atoms with Crippen LogP contribution in [0, 0.1) is 0 Å². The Hall–Kier alpha value is -7.17. The van der Waals surface area contributed by atoms with Crippen molar-refractivity contribution in [2.45, 2.75) is 0 Å². The molecule has 0 atom stereocenters. The van der Waals surface area contributed by atoms with Crippen molar-refractivity contribution in [3.05, 3.63) is 194 Å². The molecule has 4 nitrogen and oxygen atoms in total. The van der Waals surface area contributed by atoms with E-state index in [4.69, 9.17) is 15.0 Å². The predicted molar refractivity (Wildman–Crippen MR) is 219 cm³/mol. The van der Waals surface area contributed by atoms with Crippen molar-refractivity contribution in [2.24, 2.45) is 0 Å². The highest BCUT2D eigenvalue weighted by molar-refractivity contribution is 6.18. The highest BCUT2D eigenvalue weighted by atomic mass is 15.0. The van der Waals surface area contributed by atoms with Gasteiger partial charge >= 0.3 is 0 Å². The van der Waals surface area contributed by atoms with Gasteiger partial charge in [-0.05, 0) is 45.8 Å². The second kappa shape index (κ2) is 12.9. The van der Waals surface area contributed by atoms with E-state index in [1.807, 2.05) is 36.4 Å². The van der Waals surface area contributed by atoms with Gasteiger partial charge in [0, 0.05) is 38.5 Å². The molecule has 0 radical (unpaired) electrons. The molecule has 2 aromatic heterocycles. The Bertz CT molecular complexity index is 2890. The summed E-state index contributed by atoms with van der Waals surface area (Å²) < 4.78 is 2.40. The molecule has 4 heteroatoms. The van der Waals surface area contributed by atoms with Gasteiger partial charge in [0.25, 0.3) is 0 Å². The molecule has 0 bridgehead atoms. The van der Waals surface area contributed by atoms with Crippen LogP contribution in [0.4, 0.5) is 0 Å². The third kappa shape index (κ3) is 5.54. The molecular weight excluding hydrogens is 645 g/mol. The molecule has 2 heterocycles. The van der Waals surface area contributed by atoms with E-state index in [0.717, 1.165) is 39.1 Å². The van der Waals surface area contributed by atoms with Gasteiger partial charge in [0.05, 0.1) is 11.0 Å². The molecule has 248 valence electrons. The zero-order chi connectivity index (χ0) is 35.1. The average Bonchev–Trinajstić information content (AvgIpc) is 3.59. The number of aromatic nitrogens is 4. The third-order valence-corrected chi connectivity index (χ3v) is 10.1. The van der Waals surface area contributed by atoms with Crippen LogP contribution in [0.15, 0.2) is 194 Å². The lowest BCUT2D eigenvalue weighted by molar-refractivity contribution is 1.07. The van der Waals surface area contributed by atoms with E-state index < -0.39 is 0 Å². The zero-order valence-corrected chi connectivity index (χ0v) is 28.8. The Kier molecular flexibility index (Phi) is 7.43. The standard InChI is InChI=1S/C49H32N4/c1-3-11-33(12-4-1)34-19-23-39(24-20-34)48-50-47(38-14-5-2-6-15-38)51-49(52-48)40-25-21-35(22-26-40)36-27-30-41(31-28-36)53-45-18-10-9-17-43(45)44-32-29-37-13-7-8-16-42(37)46(44)53/h1-32H. The fourth-order valence-electron chi connectivity index (χ4n) is 7.41. The van der Waals surface area contributed by atoms with Crippen LogP contribution in [0.3, 0.4) is 0 Å². The minimum absolute atomic E-state index is 0.640. The first-order valence-corrected chi connectivity index (χ1v) is 17.9. The summed E-state index contributed by atoms with van der Waals surface area (Å²) in [6, 6.07) is 68.1. The number of hydrogen-bond acceptors (Lipinski definition) is 3. The molecule has 10 aromatic rings. The molecule has 0 saturated carbocycles. The van der Waals surface area contributed by atoms with Crippen molar-refractivity contribution in [3.8, 4) is 62.1 Å². The smallest absolute Gasteiger partial charge is 0.164 e. The molecule has 0 saturated heterocycles. The van der Waals surface area contributed by atoms with E-state index in [0.29, 0.717) is 17.5 Å². The third-order valence-electron chi connectivity index (χ3n) is 10.1. The first-order valence-electron chi connectivity index (χ1n) is 17.9. The first-order chi connectivity index (χ1) is 26.3. The number of hydrogen-bond donors (Lipinski definition) is 0. The molecule has 53 heavy (non-hydrogen) atoms. The number of para-hydroxylation sites is 1. The number of nitrogens with zero attached hydrogens (tertiary/aromatic N) is 4. The highest BCUT2D eigenvalue weighted by Crippen LogP contribution is 2.37. The van der Waals surface area contributed by atoms with Crippen LogP contribution in [-0.4, -0.2) is 19.5 Å². The highest BCUT2D eigenvalue weighted by Gasteiger charge is 2.16. The fourth-order valence-corrected chi connectivity index (χ4v) is 7.41. The maximum atomic E-state index is 4.99. The van der Waals surface area contributed by atoms with Gasteiger partial charge in [-0.15, -0.1) is 0 Å². The van der Waals surface area contributed by atoms with Gasteiger partial charge in [-0.25, -0.2) is 15.0 Å². The molecule has 0 aliphatic heterocycles. The molecule has 8 aromatic carbocycles. The number of benzene rings is 8. The van der Waals surface area contributed by atoms with Gasteiger partial charge in [0.2, 0.25) is 0 Å². The van der Waals surface area contributed by atoms with Crippen molar-refractivity contribution < 1.29 is 0 Å². The minimum atomic E-state index is 0.640. The Balaban J connectivity index is 1.00. The Morgan fingerprint density at radius 1 is 0.283 bits per heavy atom. The topological polar surface area (TPSA) is 43.6 Å². The van der Waals surface area contributed by atoms with Gasteiger partial charge in [-0.2, -0.15) is 0 Å². The summed E-state index contributed by atoms with van der Waals surface area (Å²) in [5.41, 5.74) is 11.0. The molecule has 0 unspecified atom stereocenters. The van der Waals surface area contributed by atoms with Crippen molar-refractivity contribution in [1.82, 2.24) is 19.5 Å². The summed E-state index contributed by atoms with van der Waals surface area (Å²) in [6.45, 7) is 0. The van der Waals surface area contributed by atoms with Gasteiger partial charge in [0.15, 0.2) is 17.5 Å². The SMILES string of the molecule is c1ccc(-c2ccc(-c3nc(-c4ccccc4)nc(-c4ccc(-c5ccc(-n6c7ccccc7c7ccc8ccccc8c76)cc5)cc4)n3)cc2)cc1. The minimum Gasteiger partial charge on any atom is -0.309 e. The van der Waals surface area contributed by atoms with Gasteiger partial charge < -0.3 is 4.57 Å². The van der Waals surface area contributed by atoms with Crippen molar-refractivity contribution in [3.63, 3.8) is 0 Å². The van der Waals surface area contributed by atoms with E-state index in [2.05, 4.69) is 162 Å². The molecule has 0 aliphatic rings. The summed E-state index contributed by atoms with van der Waals surface area (Å²) >= 11 is 0. The molecule has 0 aliphatic carbocycles. The van der Waals surface area contributed by atoms with E-state index in [9.17, 15) is 0 Å². The summed E-state index contributed by atoms with van der Waals surface area (Å²) in [6.07, 6.45) is 0. The van der Waals surface area contributed by atoms with Crippen LogP contribution < -0.4 is 0 Å². The van der Waals surface area contributed by atoms with Crippen LogP contribution in [0.25, 0.3) is 94.7 Å². The molecule has 0 N–H and O–H groups in total. The van der Waals surface area contributed by atoms with E-state index in [1.165, 1.54) is 38.1 Å².